The number of carbonyl (C=O) groups is 1. The van der Waals surface area contributed by atoms with E-state index < -0.39 is 15.8 Å². The van der Waals surface area contributed by atoms with Gasteiger partial charge in [0.2, 0.25) is 0 Å². The van der Waals surface area contributed by atoms with Gasteiger partial charge in [0.1, 0.15) is 0 Å². The maximum atomic E-state index is 11.9. The number of hydrogen-bond donors (Lipinski definition) is 1. The quantitative estimate of drug-likeness (QED) is 0.830. The lowest BCUT2D eigenvalue weighted by molar-refractivity contribution is 0.0696. The Morgan fingerprint density at radius 2 is 2.00 bits per heavy atom. The van der Waals surface area contributed by atoms with Gasteiger partial charge in [-0.05, 0) is 35.6 Å². The van der Waals surface area contributed by atoms with Crippen LogP contribution in [0.2, 0.25) is 0 Å². The van der Waals surface area contributed by atoms with E-state index in [-0.39, 0.29) is 21.6 Å². The molecule has 2 rings (SSSR count). The fraction of sp³-hybridized carbons (Fsp3) is 0.417. The first kappa shape index (κ1) is 12.1. The van der Waals surface area contributed by atoms with Crippen molar-refractivity contribution in [3.05, 3.63) is 29.3 Å². The van der Waals surface area contributed by atoms with Gasteiger partial charge in [-0.1, -0.05) is 13.8 Å². The lowest BCUT2D eigenvalue weighted by atomic mass is 9.81. The van der Waals surface area contributed by atoms with Crippen molar-refractivity contribution >= 4 is 15.8 Å². The van der Waals surface area contributed by atoms with Gasteiger partial charge < -0.3 is 5.11 Å². The van der Waals surface area contributed by atoms with Gasteiger partial charge in [-0.15, -0.1) is 0 Å². The highest BCUT2D eigenvalue weighted by Gasteiger charge is 2.35. The highest BCUT2D eigenvalue weighted by molar-refractivity contribution is 7.91. The monoisotopic (exact) mass is 254 g/mol. The number of aromatic carboxylic acids is 1. The minimum Gasteiger partial charge on any atom is -0.478 e. The Morgan fingerprint density at radius 3 is 2.59 bits per heavy atom. The molecule has 1 aliphatic heterocycles. The number of fused-ring (bicyclic) bond motifs is 1. The van der Waals surface area contributed by atoms with Crippen LogP contribution in [-0.4, -0.2) is 25.2 Å². The Morgan fingerprint density at radius 1 is 1.35 bits per heavy atom. The second kappa shape index (κ2) is 3.57. The average molecular weight is 254 g/mol. The molecule has 0 atom stereocenters. The highest BCUT2D eigenvalue weighted by Crippen LogP contribution is 2.38. The Labute approximate surface area is 100 Å². The minimum atomic E-state index is -3.25. The van der Waals surface area contributed by atoms with Gasteiger partial charge in [0.05, 0.1) is 16.2 Å². The van der Waals surface area contributed by atoms with E-state index in [1.54, 1.807) is 0 Å². The van der Waals surface area contributed by atoms with Crippen molar-refractivity contribution in [3.63, 3.8) is 0 Å². The van der Waals surface area contributed by atoms with Crippen LogP contribution < -0.4 is 0 Å². The van der Waals surface area contributed by atoms with Gasteiger partial charge in [0.25, 0.3) is 0 Å². The first-order valence-corrected chi connectivity index (χ1v) is 7.00. The molecule has 1 heterocycles. The molecule has 5 heteroatoms. The summed E-state index contributed by atoms with van der Waals surface area (Å²) in [6, 6.07) is 4.24. The second-order valence-corrected chi connectivity index (χ2v) is 7.05. The molecule has 92 valence electrons. The summed E-state index contributed by atoms with van der Waals surface area (Å²) in [4.78, 5) is 11.2. The van der Waals surface area contributed by atoms with E-state index in [0.717, 1.165) is 0 Å². The smallest absolute Gasteiger partial charge is 0.335 e. The van der Waals surface area contributed by atoms with Crippen LogP contribution in [-0.2, 0) is 15.3 Å². The highest BCUT2D eigenvalue weighted by atomic mass is 32.2. The third-order valence-electron chi connectivity index (χ3n) is 3.29. The van der Waals surface area contributed by atoms with Gasteiger partial charge >= 0.3 is 5.97 Å². The van der Waals surface area contributed by atoms with Crippen molar-refractivity contribution in [2.24, 2.45) is 0 Å². The molecule has 0 aromatic heterocycles. The molecule has 17 heavy (non-hydrogen) atoms. The molecule has 0 saturated heterocycles. The zero-order valence-electron chi connectivity index (χ0n) is 9.73. The zero-order chi connectivity index (χ0) is 12.8. The molecule has 1 aromatic rings. The van der Waals surface area contributed by atoms with Crippen LogP contribution in [0.4, 0.5) is 0 Å². The molecular formula is C12H14O4S. The largest absolute Gasteiger partial charge is 0.478 e. The summed E-state index contributed by atoms with van der Waals surface area (Å²) in [5.41, 5.74) is 0.448. The number of rotatable bonds is 1. The first-order valence-electron chi connectivity index (χ1n) is 5.35. The van der Waals surface area contributed by atoms with Crippen molar-refractivity contribution in [2.45, 2.75) is 30.6 Å². The van der Waals surface area contributed by atoms with Crippen LogP contribution in [0.5, 0.6) is 0 Å². The summed E-state index contributed by atoms with van der Waals surface area (Å²) < 4.78 is 23.8. The molecule has 0 bridgehead atoms. The average Bonchev–Trinajstić information content (AvgIpc) is 2.24. The van der Waals surface area contributed by atoms with Crippen LogP contribution in [0.15, 0.2) is 23.1 Å². The Kier molecular flexibility index (Phi) is 2.54. The van der Waals surface area contributed by atoms with Crippen molar-refractivity contribution in [3.8, 4) is 0 Å². The molecule has 0 radical (unpaired) electrons. The van der Waals surface area contributed by atoms with Gasteiger partial charge in [0, 0.05) is 0 Å². The van der Waals surface area contributed by atoms with Gasteiger partial charge in [-0.25, -0.2) is 13.2 Å². The molecule has 0 saturated carbocycles. The van der Waals surface area contributed by atoms with Gasteiger partial charge in [-0.3, -0.25) is 0 Å². The number of benzene rings is 1. The predicted octanol–water partition coefficient (Wildman–Crippen LogP) is 1.84. The molecule has 1 aromatic carbocycles. The van der Waals surface area contributed by atoms with Crippen molar-refractivity contribution in [1.29, 1.82) is 0 Å². The molecule has 1 aliphatic rings. The Bertz CT molecular complexity index is 585. The van der Waals surface area contributed by atoms with Crippen molar-refractivity contribution in [2.75, 3.05) is 5.75 Å². The van der Waals surface area contributed by atoms with E-state index in [2.05, 4.69) is 0 Å². The van der Waals surface area contributed by atoms with Gasteiger partial charge in [0.15, 0.2) is 9.84 Å². The Balaban J connectivity index is 2.73. The van der Waals surface area contributed by atoms with Gasteiger partial charge in [-0.2, -0.15) is 0 Å². The lowest BCUT2D eigenvalue weighted by Gasteiger charge is -2.32. The maximum Gasteiger partial charge on any atom is 0.335 e. The normalized spacial score (nSPS) is 20.6. The number of sulfone groups is 1. The standard InChI is InChI=1S/C12H14O4S/c1-12(2)5-6-17(15,16)10-4-3-8(11(13)14)7-9(10)12/h3-4,7H,5-6H2,1-2H3,(H,13,14). The second-order valence-electron chi connectivity index (χ2n) is 4.97. The molecule has 0 aliphatic carbocycles. The summed E-state index contributed by atoms with van der Waals surface area (Å²) in [5, 5.41) is 8.94. The fourth-order valence-electron chi connectivity index (χ4n) is 2.10. The van der Waals surface area contributed by atoms with E-state index >= 15 is 0 Å². The van der Waals surface area contributed by atoms with E-state index in [4.69, 9.17) is 5.11 Å². The van der Waals surface area contributed by atoms with Crippen LogP contribution in [0.3, 0.4) is 0 Å². The summed E-state index contributed by atoms with van der Waals surface area (Å²) in [7, 11) is -3.25. The van der Waals surface area contributed by atoms with E-state index in [0.29, 0.717) is 12.0 Å². The van der Waals surface area contributed by atoms with Crippen LogP contribution in [0.1, 0.15) is 36.2 Å². The molecule has 0 fully saturated rings. The lowest BCUT2D eigenvalue weighted by Crippen LogP contribution is -2.30. The molecule has 4 nitrogen and oxygen atoms in total. The molecule has 0 amide bonds. The zero-order valence-corrected chi connectivity index (χ0v) is 10.5. The first-order chi connectivity index (χ1) is 7.74. The van der Waals surface area contributed by atoms with E-state index in [9.17, 15) is 13.2 Å². The van der Waals surface area contributed by atoms with Crippen LogP contribution >= 0.6 is 0 Å². The summed E-state index contributed by atoms with van der Waals surface area (Å²) in [6.45, 7) is 3.87. The third kappa shape index (κ3) is 1.95. The topological polar surface area (TPSA) is 71.4 Å². The number of hydrogen-bond acceptors (Lipinski definition) is 3. The fourth-order valence-corrected chi connectivity index (χ4v) is 4.04. The van der Waals surface area contributed by atoms with Crippen LogP contribution in [0, 0.1) is 0 Å². The van der Waals surface area contributed by atoms with Crippen molar-refractivity contribution in [1.82, 2.24) is 0 Å². The summed E-state index contributed by atoms with van der Waals surface area (Å²) in [5.74, 6) is -0.911. The third-order valence-corrected chi connectivity index (χ3v) is 5.05. The molecular weight excluding hydrogens is 240 g/mol. The van der Waals surface area contributed by atoms with E-state index in [1.165, 1.54) is 18.2 Å². The number of carboxylic acids is 1. The van der Waals surface area contributed by atoms with Crippen molar-refractivity contribution < 1.29 is 18.3 Å². The molecule has 0 unspecified atom stereocenters. The Hall–Kier alpha value is -1.36. The summed E-state index contributed by atoms with van der Waals surface area (Å²) >= 11 is 0. The molecule has 1 N–H and O–H groups in total. The van der Waals surface area contributed by atoms with Crippen LogP contribution in [0.25, 0.3) is 0 Å². The SMILES string of the molecule is CC1(C)CCS(=O)(=O)c2ccc(C(=O)O)cc21. The summed E-state index contributed by atoms with van der Waals surface area (Å²) in [6.07, 6.45) is 0.519. The van der Waals surface area contributed by atoms with E-state index in [1.807, 2.05) is 13.8 Å². The number of carboxylic acid groups (broad SMARTS) is 1. The maximum absolute atomic E-state index is 11.9. The molecule has 0 spiro atoms. The minimum absolute atomic E-state index is 0.124. The predicted molar refractivity (Wildman–Crippen MR) is 63.1 cm³/mol.